The normalized spacial score (nSPS) is 25.6. The van der Waals surface area contributed by atoms with Crippen LogP contribution in [-0.4, -0.2) is 51.9 Å². The van der Waals surface area contributed by atoms with Crippen molar-refractivity contribution in [3.05, 3.63) is 51.4 Å². The number of benzene rings is 1. The van der Waals surface area contributed by atoms with Gasteiger partial charge in [0, 0.05) is 29.9 Å². The summed E-state index contributed by atoms with van der Waals surface area (Å²) in [6.45, 7) is 2.30. The zero-order chi connectivity index (χ0) is 26.6. The van der Waals surface area contributed by atoms with Crippen molar-refractivity contribution in [2.45, 2.75) is 75.6 Å². The Morgan fingerprint density at radius 3 is 2.82 bits per heavy atom. The first-order valence-electron chi connectivity index (χ1n) is 13.2. The summed E-state index contributed by atoms with van der Waals surface area (Å²) >= 11 is 6.40. The number of ether oxygens (including phenoxy) is 1. The largest absolute Gasteiger partial charge is 0.473 e. The molecular weight excluding hydrogens is 507 g/mol. The molecule has 1 fully saturated rings. The summed E-state index contributed by atoms with van der Waals surface area (Å²) in [6, 6.07) is 7.72. The first-order chi connectivity index (χ1) is 18.3. The second-order valence-corrected chi connectivity index (χ2v) is 11.2. The number of anilines is 1. The summed E-state index contributed by atoms with van der Waals surface area (Å²) in [5, 5.41) is 14.7. The summed E-state index contributed by atoms with van der Waals surface area (Å²) in [7, 11) is 1.90. The molecule has 1 aliphatic heterocycles. The molecule has 1 spiro atoms. The number of alkyl halides is 1. The Hall–Kier alpha value is -3.22. The quantitative estimate of drug-likeness (QED) is 0.365. The molecule has 3 aliphatic rings. The molecule has 38 heavy (non-hydrogen) atoms. The molecule has 2 N–H and O–H groups in total. The van der Waals surface area contributed by atoms with Gasteiger partial charge in [-0.25, -0.2) is 9.37 Å². The summed E-state index contributed by atoms with van der Waals surface area (Å²) in [5.41, 5.74) is 10.4. The Labute approximate surface area is 225 Å². The average Bonchev–Trinajstić information content (AvgIpc) is 3.47. The molecule has 0 saturated carbocycles. The Balaban J connectivity index is 1.39. The number of likely N-dealkylation sites (N-methyl/N-ethyl adjacent to an activating group) is 1. The number of fused-ring (bicyclic) bond motifs is 4. The van der Waals surface area contributed by atoms with Crippen LogP contribution < -0.4 is 10.5 Å². The van der Waals surface area contributed by atoms with E-state index in [0.717, 1.165) is 61.0 Å². The van der Waals surface area contributed by atoms with Crippen LogP contribution in [0.1, 0.15) is 67.0 Å². The minimum absolute atomic E-state index is 0.0602. The zero-order valence-corrected chi connectivity index (χ0v) is 22.3. The number of nitrogens with zero attached hydrogens (tertiary/aromatic N) is 5. The van der Waals surface area contributed by atoms with Gasteiger partial charge in [-0.15, -0.1) is 0 Å². The lowest BCUT2D eigenvalue weighted by Gasteiger charge is -2.41. The van der Waals surface area contributed by atoms with Crippen LogP contribution in [0.3, 0.4) is 0 Å². The Kier molecular flexibility index (Phi) is 6.28. The molecule has 0 amide bonds. The lowest BCUT2D eigenvalue weighted by atomic mass is 9.61. The molecule has 198 valence electrons. The monoisotopic (exact) mass is 536 g/mol. The third kappa shape index (κ3) is 4.02. The van der Waals surface area contributed by atoms with E-state index in [2.05, 4.69) is 21.2 Å². The van der Waals surface area contributed by atoms with Gasteiger partial charge in [-0.05, 0) is 76.1 Å². The molecule has 1 saturated heterocycles. The van der Waals surface area contributed by atoms with E-state index in [1.165, 1.54) is 0 Å². The first kappa shape index (κ1) is 25.1. The molecule has 1 aromatic carbocycles. The van der Waals surface area contributed by atoms with Gasteiger partial charge in [0.25, 0.3) is 0 Å². The number of rotatable bonds is 4. The highest BCUT2D eigenvalue weighted by atomic mass is 35.5. The highest BCUT2D eigenvalue weighted by Gasteiger charge is 2.48. The molecule has 1 unspecified atom stereocenters. The predicted octanol–water partition coefficient (Wildman–Crippen LogP) is 5.01. The van der Waals surface area contributed by atoms with Crippen LogP contribution in [0.25, 0.3) is 11.5 Å². The third-order valence-electron chi connectivity index (χ3n) is 8.50. The molecule has 2 aromatic heterocycles. The lowest BCUT2D eigenvalue weighted by Crippen LogP contribution is -2.38. The third-order valence-corrected chi connectivity index (χ3v) is 8.69. The van der Waals surface area contributed by atoms with Gasteiger partial charge in [0.15, 0.2) is 17.3 Å². The van der Waals surface area contributed by atoms with Gasteiger partial charge in [0.05, 0.1) is 11.0 Å². The number of hydrogen-bond acceptors (Lipinski definition) is 8. The van der Waals surface area contributed by atoms with Gasteiger partial charge in [0.1, 0.15) is 23.5 Å². The Bertz CT molecular complexity index is 1430. The van der Waals surface area contributed by atoms with Crippen LogP contribution in [0.5, 0.6) is 5.88 Å². The number of halogens is 2. The number of hydrogen-bond donors (Lipinski definition) is 1. The second-order valence-electron chi connectivity index (χ2n) is 10.8. The fraction of sp³-hybridized carbons (Fsp3) is 0.500. The topological polar surface area (TPSA) is 114 Å². The molecular formula is C28H30ClFN6O2. The maximum Gasteiger partial charge on any atom is 0.218 e. The van der Waals surface area contributed by atoms with E-state index in [1.807, 2.05) is 31.0 Å². The summed E-state index contributed by atoms with van der Waals surface area (Å²) in [4.78, 5) is 11.1. The van der Waals surface area contributed by atoms with Crippen molar-refractivity contribution in [3.63, 3.8) is 0 Å². The number of aryl methyl sites for hydroxylation is 1. The predicted molar refractivity (Wildman–Crippen MR) is 141 cm³/mol. The van der Waals surface area contributed by atoms with Gasteiger partial charge in [-0.2, -0.15) is 10.2 Å². The zero-order valence-electron chi connectivity index (χ0n) is 21.5. The van der Waals surface area contributed by atoms with Crippen LogP contribution in [-0.2, 0) is 18.3 Å². The van der Waals surface area contributed by atoms with E-state index in [0.29, 0.717) is 41.6 Å². The smallest absolute Gasteiger partial charge is 0.218 e. The average molecular weight is 537 g/mol. The molecule has 0 bridgehead atoms. The van der Waals surface area contributed by atoms with E-state index in [-0.39, 0.29) is 17.3 Å². The molecule has 6 rings (SSSR count). The maximum atomic E-state index is 13.9. The van der Waals surface area contributed by atoms with Crippen molar-refractivity contribution in [2.24, 2.45) is 0 Å². The van der Waals surface area contributed by atoms with E-state index >= 15 is 0 Å². The number of aromatic nitrogens is 3. The number of nitriles is 1. The molecule has 3 aromatic rings. The van der Waals surface area contributed by atoms with Gasteiger partial charge in [0.2, 0.25) is 5.88 Å². The molecule has 4 atom stereocenters. The highest BCUT2D eigenvalue weighted by Crippen LogP contribution is 2.53. The van der Waals surface area contributed by atoms with Crippen molar-refractivity contribution >= 4 is 17.3 Å². The molecule has 8 nitrogen and oxygen atoms in total. The van der Waals surface area contributed by atoms with Gasteiger partial charge in [-0.3, -0.25) is 4.90 Å². The molecule has 0 radical (unpaired) electrons. The van der Waals surface area contributed by atoms with E-state index in [9.17, 15) is 9.65 Å². The maximum absolute atomic E-state index is 13.9. The van der Waals surface area contributed by atoms with Gasteiger partial charge in [-0.1, -0.05) is 22.8 Å². The van der Waals surface area contributed by atoms with Crippen LogP contribution >= 0.6 is 11.6 Å². The SMILES string of the molecule is C[C@H](Oc1cc(Cl)nc(-c2noc3c2CCCC32CCCc3ccc(N)c(C#N)c32)n1)[C@@H]1C[C@@H](F)CN1C. The fourth-order valence-electron chi connectivity index (χ4n) is 6.84. The van der Waals surface area contributed by atoms with Crippen LogP contribution in [0, 0.1) is 11.3 Å². The number of nitrogens with two attached hydrogens (primary N) is 1. The Morgan fingerprint density at radius 2 is 2.08 bits per heavy atom. The highest BCUT2D eigenvalue weighted by molar-refractivity contribution is 6.29. The van der Waals surface area contributed by atoms with Crippen molar-refractivity contribution in [1.82, 2.24) is 20.0 Å². The standard InChI is InChI=1S/C28H30ClFN6O2/c1-15(21-11-17(30)14-36(21)2)37-23-12-22(29)33-27(34-23)25-18-6-4-10-28(26(18)38-35-25)9-3-5-16-7-8-20(32)19(13-31)24(16)28/h7-8,12,15,17,21H,3-6,9-11,14,32H2,1-2H3/t15-,17+,21-,28?/m0/s1. The van der Waals surface area contributed by atoms with E-state index in [4.69, 9.17) is 26.6 Å². The Morgan fingerprint density at radius 1 is 1.29 bits per heavy atom. The molecule has 2 aliphatic carbocycles. The van der Waals surface area contributed by atoms with Crippen LogP contribution in [0.2, 0.25) is 5.15 Å². The minimum Gasteiger partial charge on any atom is -0.473 e. The van der Waals surface area contributed by atoms with Crippen LogP contribution in [0.4, 0.5) is 10.1 Å². The van der Waals surface area contributed by atoms with Crippen molar-refractivity contribution < 1.29 is 13.7 Å². The van der Waals surface area contributed by atoms with E-state index < -0.39 is 11.6 Å². The molecule has 3 heterocycles. The second kappa shape index (κ2) is 9.51. The molecule has 10 heteroatoms. The van der Waals surface area contributed by atoms with Crippen molar-refractivity contribution in [3.8, 4) is 23.5 Å². The summed E-state index contributed by atoms with van der Waals surface area (Å²) < 4.78 is 26.1. The summed E-state index contributed by atoms with van der Waals surface area (Å²) in [5.74, 6) is 1.41. The van der Waals surface area contributed by atoms with Crippen molar-refractivity contribution in [2.75, 3.05) is 19.3 Å². The van der Waals surface area contributed by atoms with Crippen molar-refractivity contribution in [1.29, 1.82) is 5.26 Å². The lowest BCUT2D eigenvalue weighted by molar-refractivity contribution is 0.117. The number of nitrogen functional groups attached to an aromatic ring is 1. The van der Waals surface area contributed by atoms with Crippen LogP contribution in [0.15, 0.2) is 22.7 Å². The van der Waals surface area contributed by atoms with E-state index in [1.54, 1.807) is 6.07 Å². The number of likely N-dealkylation sites (tertiary alicyclic amines) is 1. The summed E-state index contributed by atoms with van der Waals surface area (Å²) in [6.07, 6.45) is 4.51. The van der Waals surface area contributed by atoms with Gasteiger partial charge < -0.3 is 15.0 Å². The minimum atomic E-state index is -0.864. The fourth-order valence-corrected chi connectivity index (χ4v) is 7.01. The van der Waals surface area contributed by atoms with Gasteiger partial charge >= 0.3 is 0 Å². The first-order valence-corrected chi connectivity index (χ1v) is 13.6.